The summed E-state index contributed by atoms with van der Waals surface area (Å²) in [5.74, 6) is 0.810. The minimum atomic E-state index is 0. The first-order valence-corrected chi connectivity index (χ1v) is 6.53. The molecule has 0 unspecified atom stereocenters. The van der Waals surface area contributed by atoms with Crippen LogP contribution in [0.4, 0.5) is 5.82 Å². The molecule has 0 radical (unpaired) electrons. The van der Waals surface area contributed by atoms with E-state index < -0.39 is 0 Å². The molecule has 2 aromatic rings. The van der Waals surface area contributed by atoms with E-state index in [4.69, 9.17) is 5.11 Å². The zero-order chi connectivity index (χ0) is 13.8. The lowest BCUT2D eigenvalue weighted by Gasteiger charge is -2.09. The second kappa shape index (κ2) is 7.31. The summed E-state index contributed by atoms with van der Waals surface area (Å²) in [7, 11) is 0. The van der Waals surface area contributed by atoms with E-state index in [-0.39, 0.29) is 19.0 Å². The highest BCUT2D eigenvalue weighted by atomic mass is 35.5. The fraction of sp³-hybridized carbons (Fsp3) is 0.538. The summed E-state index contributed by atoms with van der Waals surface area (Å²) in [6, 6.07) is 2.27. The number of hydrogen-bond donors (Lipinski definition) is 2. The largest absolute Gasteiger partial charge is 0.394 e. The van der Waals surface area contributed by atoms with Crippen molar-refractivity contribution in [2.75, 3.05) is 11.9 Å². The molecule has 0 saturated heterocycles. The molecule has 0 bridgehead atoms. The van der Waals surface area contributed by atoms with Gasteiger partial charge in [-0.3, -0.25) is 9.36 Å². The lowest BCUT2D eigenvalue weighted by molar-refractivity contribution is 0.269. The second-order valence-electron chi connectivity index (χ2n) is 4.83. The molecule has 0 aliphatic heterocycles. The lowest BCUT2D eigenvalue weighted by atomic mass is 10.2. The molecule has 0 aromatic carbocycles. The number of rotatable bonds is 6. The molecular formula is C13H22ClN5O. The fourth-order valence-electron chi connectivity index (χ4n) is 2.02. The highest BCUT2D eigenvalue weighted by molar-refractivity contribution is 5.85. The number of anilines is 1. The maximum absolute atomic E-state index is 8.84. The van der Waals surface area contributed by atoms with Gasteiger partial charge in [0, 0.05) is 36.1 Å². The van der Waals surface area contributed by atoms with E-state index in [2.05, 4.69) is 36.3 Å². The zero-order valence-electron chi connectivity index (χ0n) is 12.1. The Balaban J connectivity index is 0.00000200. The van der Waals surface area contributed by atoms with Crippen molar-refractivity contribution in [2.45, 2.75) is 39.9 Å². The van der Waals surface area contributed by atoms with Gasteiger partial charge in [0.2, 0.25) is 0 Å². The van der Waals surface area contributed by atoms with Gasteiger partial charge in [0.15, 0.2) is 0 Å². The average molecular weight is 300 g/mol. The van der Waals surface area contributed by atoms with Crippen molar-refractivity contribution >= 4 is 18.2 Å². The van der Waals surface area contributed by atoms with Crippen molar-refractivity contribution in [1.82, 2.24) is 19.6 Å². The minimum Gasteiger partial charge on any atom is -0.394 e. The summed E-state index contributed by atoms with van der Waals surface area (Å²) in [5.41, 5.74) is 2.35. The third-order valence-electron chi connectivity index (χ3n) is 3.07. The first-order chi connectivity index (χ1) is 9.11. The molecule has 112 valence electrons. The Hall–Kier alpha value is -1.53. The Bertz CT molecular complexity index is 535. The van der Waals surface area contributed by atoms with Crippen LogP contribution in [0.5, 0.6) is 0 Å². The molecule has 2 aromatic heterocycles. The van der Waals surface area contributed by atoms with Gasteiger partial charge in [0.1, 0.15) is 5.82 Å². The number of nitrogens with one attached hydrogen (secondary N) is 1. The van der Waals surface area contributed by atoms with Crippen LogP contribution in [0, 0.1) is 6.92 Å². The van der Waals surface area contributed by atoms with Gasteiger partial charge >= 0.3 is 0 Å². The smallest absolute Gasteiger partial charge is 0.148 e. The van der Waals surface area contributed by atoms with Crippen LogP contribution in [0.2, 0.25) is 0 Å². The Labute approximate surface area is 125 Å². The van der Waals surface area contributed by atoms with Gasteiger partial charge in [0.05, 0.1) is 19.3 Å². The first-order valence-electron chi connectivity index (χ1n) is 6.53. The number of halogens is 1. The number of aromatic nitrogens is 4. The second-order valence-corrected chi connectivity index (χ2v) is 4.83. The van der Waals surface area contributed by atoms with Gasteiger partial charge in [0.25, 0.3) is 0 Å². The molecule has 0 aliphatic rings. The van der Waals surface area contributed by atoms with Gasteiger partial charge in [-0.1, -0.05) is 0 Å². The van der Waals surface area contributed by atoms with E-state index >= 15 is 0 Å². The summed E-state index contributed by atoms with van der Waals surface area (Å²) in [4.78, 5) is 0. The van der Waals surface area contributed by atoms with Crippen LogP contribution >= 0.6 is 12.4 Å². The monoisotopic (exact) mass is 299 g/mol. The Kier molecular flexibility index (Phi) is 6.04. The molecule has 2 rings (SSSR count). The van der Waals surface area contributed by atoms with E-state index in [1.54, 1.807) is 4.68 Å². The first kappa shape index (κ1) is 16.5. The molecule has 6 nitrogen and oxygen atoms in total. The molecular weight excluding hydrogens is 278 g/mol. The molecule has 2 heterocycles. The maximum atomic E-state index is 8.84. The van der Waals surface area contributed by atoms with E-state index in [9.17, 15) is 0 Å². The predicted molar refractivity (Wildman–Crippen MR) is 81.2 cm³/mol. The van der Waals surface area contributed by atoms with Gasteiger partial charge in [-0.15, -0.1) is 12.4 Å². The average Bonchev–Trinajstić information content (AvgIpc) is 2.94. The molecule has 0 aliphatic carbocycles. The van der Waals surface area contributed by atoms with Crippen LogP contribution in [0.25, 0.3) is 0 Å². The maximum Gasteiger partial charge on any atom is 0.148 e. The molecule has 0 atom stereocenters. The zero-order valence-corrected chi connectivity index (χ0v) is 12.9. The van der Waals surface area contributed by atoms with Crippen LogP contribution < -0.4 is 5.32 Å². The Morgan fingerprint density at radius 1 is 1.40 bits per heavy atom. The third-order valence-corrected chi connectivity index (χ3v) is 3.07. The number of hydrogen-bond acceptors (Lipinski definition) is 4. The van der Waals surface area contributed by atoms with Crippen LogP contribution in [0.1, 0.15) is 31.1 Å². The summed E-state index contributed by atoms with van der Waals surface area (Å²) >= 11 is 0. The van der Waals surface area contributed by atoms with Crippen molar-refractivity contribution in [2.24, 2.45) is 0 Å². The van der Waals surface area contributed by atoms with E-state index in [0.29, 0.717) is 19.1 Å². The highest BCUT2D eigenvalue weighted by Crippen LogP contribution is 2.14. The van der Waals surface area contributed by atoms with Crippen molar-refractivity contribution in [3.05, 3.63) is 29.7 Å². The van der Waals surface area contributed by atoms with Crippen LogP contribution in [-0.4, -0.2) is 31.3 Å². The third kappa shape index (κ3) is 3.74. The number of aliphatic hydroxyl groups is 1. The van der Waals surface area contributed by atoms with Gasteiger partial charge in [-0.25, -0.2) is 0 Å². The number of nitrogens with zero attached hydrogens (tertiary/aromatic N) is 4. The van der Waals surface area contributed by atoms with Crippen LogP contribution in [0.3, 0.4) is 0 Å². The lowest BCUT2D eigenvalue weighted by Crippen LogP contribution is -2.07. The van der Waals surface area contributed by atoms with Crippen molar-refractivity contribution in [3.8, 4) is 0 Å². The Morgan fingerprint density at radius 3 is 2.75 bits per heavy atom. The standard InChI is InChI=1S/C13H21N5O.ClH/c1-10(2)18-11(3)12(9-15-18)8-14-13-4-5-17(16-13)6-7-19;/h4-5,9-10,19H,6-8H2,1-3H3,(H,14,16);1H. The van der Waals surface area contributed by atoms with E-state index in [1.165, 1.54) is 11.3 Å². The molecule has 20 heavy (non-hydrogen) atoms. The SMILES string of the molecule is Cc1c(CNc2ccn(CCO)n2)cnn1C(C)C.Cl. The molecule has 0 saturated carbocycles. The van der Waals surface area contributed by atoms with Gasteiger partial charge in [-0.05, 0) is 20.8 Å². The predicted octanol–water partition coefficient (Wildman–Crippen LogP) is 2.00. The van der Waals surface area contributed by atoms with Crippen LogP contribution in [0.15, 0.2) is 18.5 Å². The fourth-order valence-corrected chi connectivity index (χ4v) is 2.02. The molecule has 2 N–H and O–H groups in total. The molecule has 0 fully saturated rings. The number of aliphatic hydroxyl groups excluding tert-OH is 1. The Morgan fingerprint density at radius 2 is 2.15 bits per heavy atom. The van der Waals surface area contributed by atoms with Crippen LogP contribution in [-0.2, 0) is 13.1 Å². The van der Waals surface area contributed by atoms with E-state index in [0.717, 1.165) is 5.82 Å². The van der Waals surface area contributed by atoms with Gasteiger partial charge in [-0.2, -0.15) is 10.2 Å². The summed E-state index contributed by atoms with van der Waals surface area (Å²) in [6.07, 6.45) is 3.75. The summed E-state index contributed by atoms with van der Waals surface area (Å²) in [5, 5.41) is 20.8. The van der Waals surface area contributed by atoms with Crippen molar-refractivity contribution in [1.29, 1.82) is 0 Å². The van der Waals surface area contributed by atoms with E-state index in [1.807, 2.05) is 23.1 Å². The van der Waals surface area contributed by atoms with Gasteiger partial charge < -0.3 is 10.4 Å². The molecule has 7 heteroatoms. The van der Waals surface area contributed by atoms with Crippen molar-refractivity contribution < 1.29 is 5.11 Å². The topological polar surface area (TPSA) is 67.9 Å². The summed E-state index contributed by atoms with van der Waals surface area (Å²) in [6.45, 7) is 7.64. The molecule has 0 spiro atoms. The quantitative estimate of drug-likeness (QED) is 0.856. The summed E-state index contributed by atoms with van der Waals surface area (Å²) < 4.78 is 3.73. The molecule has 0 amide bonds. The normalized spacial score (nSPS) is 10.7. The highest BCUT2D eigenvalue weighted by Gasteiger charge is 2.08. The van der Waals surface area contributed by atoms with Crippen molar-refractivity contribution in [3.63, 3.8) is 0 Å². The minimum absolute atomic E-state index is 0.